The first-order valence-corrected chi connectivity index (χ1v) is 20.7. The largest absolute Gasteiger partial charge is 0.309 e. The Kier molecular flexibility index (Phi) is 8.13. The summed E-state index contributed by atoms with van der Waals surface area (Å²) in [5, 5.41) is 0. The zero-order chi connectivity index (χ0) is 39.6. The lowest BCUT2D eigenvalue weighted by Crippen LogP contribution is -2.40. The van der Waals surface area contributed by atoms with Crippen LogP contribution in [-0.4, -0.2) is 0 Å². The zero-order valence-corrected chi connectivity index (χ0v) is 33.3. The molecule has 0 heterocycles. The minimum Gasteiger partial charge on any atom is -0.309 e. The van der Waals surface area contributed by atoms with Crippen molar-refractivity contribution in [2.24, 2.45) is 0 Å². The molecule has 0 aromatic heterocycles. The molecule has 0 saturated carbocycles. The Bertz CT molecular complexity index is 2930. The lowest BCUT2D eigenvalue weighted by Gasteiger charge is -2.47. The monoisotopic (exact) mass is 753 g/mol. The first-order valence-electron chi connectivity index (χ1n) is 20.7. The highest BCUT2D eigenvalue weighted by atomic mass is 15.1. The SMILES string of the molecule is CC1(C)c2ccccc2C2(c3ccccc3-c3c(-c4ccccc4)cccc32)c2ccc(N(c3ccccc3-c3ccccc3)c3ccccc3-c3ccccc3)cc21. The number of rotatable bonds is 6. The number of anilines is 3. The fourth-order valence-electron chi connectivity index (χ4n) is 10.4. The smallest absolute Gasteiger partial charge is 0.0719 e. The van der Waals surface area contributed by atoms with E-state index in [1.54, 1.807) is 0 Å². The fraction of sp³-hybridized carbons (Fsp3) is 0.0690. The third-order valence-corrected chi connectivity index (χ3v) is 13.0. The van der Waals surface area contributed by atoms with Gasteiger partial charge < -0.3 is 4.90 Å². The van der Waals surface area contributed by atoms with E-state index in [1.165, 1.54) is 77.9 Å². The highest BCUT2D eigenvalue weighted by Gasteiger charge is 2.53. The number of para-hydroxylation sites is 2. The van der Waals surface area contributed by atoms with E-state index in [-0.39, 0.29) is 5.41 Å². The van der Waals surface area contributed by atoms with Gasteiger partial charge in [-0.2, -0.15) is 0 Å². The second kappa shape index (κ2) is 13.7. The average Bonchev–Trinajstić information content (AvgIpc) is 3.61. The number of hydrogen-bond acceptors (Lipinski definition) is 1. The Balaban J connectivity index is 1.22. The molecular formula is C58H43N. The molecule has 2 aliphatic rings. The van der Waals surface area contributed by atoms with Gasteiger partial charge >= 0.3 is 0 Å². The molecule has 1 unspecified atom stereocenters. The normalized spacial score (nSPS) is 15.5. The van der Waals surface area contributed by atoms with Gasteiger partial charge in [0.2, 0.25) is 0 Å². The highest BCUT2D eigenvalue weighted by molar-refractivity contribution is 5.98. The van der Waals surface area contributed by atoms with Crippen LogP contribution < -0.4 is 4.90 Å². The molecule has 0 saturated heterocycles. The van der Waals surface area contributed by atoms with Gasteiger partial charge in [0.25, 0.3) is 0 Å². The topological polar surface area (TPSA) is 3.24 Å². The van der Waals surface area contributed by atoms with Gasteiger partial charge in [-0.05, 0) is 91.0 Å². The minimum atomic E-state index is -0.509. The van der Waals surface area contributed by atoms with E-state index in [9.17, 15) is 0 Å². The van der Waals surface area contributed by atoms with Gasteiger partial charge in [0.1, 0.15) is 0 Å². The zero-order valence-electron chi connectivity index (χ0n) is 33.3. The first-order chi connectivity index (χ1) is 29.1. The van der Waals surface area contributed by atoms with E-state index < -0.39 is 5.41 Å². The van der Waals surface area contributed by atoms with Crippen molar-refractivity contribution in [3.05, 3.63) is 258 Å². The molecule has 0 aliphatic heterocycles. The molecule has 0 amide bonds. The molecule has 59 heavy (non-hydrogen) atoms. The van der Waals surface area contributed by atoms with E-state index in [0.29, 0.717) is 0 Å². The van der Waals surface area contributed by atoms with E-state index in [4.69, 9.17) is 0 Å². The number of benzene rings is 9. The molecule has 9 aromatic rings. The predicted octanol–water partition coefficient (Wildman–Crippen LogP) is 15.2. The fourth-order valence-corrected chi connectivity index (χ4v) is 10.4. The van der Waals surface area contributed by atoms with Crippen LogP contribution in [0.4, 0.5) is 17.1 Å². The molecule has 0 N–H and O–H groups in total. The molecular weight excluding hydrogens is 711 g/mol. The van der Waals surface area contributed by atoms with Crippen molar-refractivity contribution in [1.82, 2.24) is 0 Å². The number of nitrogens with zero attached hydrogens (tertiary/aromatic N) is 1. The van der Waals surface area contributed by atoms with Crippen LogP contribution in [0, 0.1) is 0 Å². The van der Waals surface area contributed by atoms with E-state index in [1.807, 2.05) is 0 Å². The van der Waals surface area contributed by atoms with Crippen LogP contribution in [0.25, 0.3) is 44.5 Å². The highest BCUT2D eigenvalue weighted by Crippen LogP contribution is 2.64. The summed E-state index contributed by atoms with van der Waals surface area (Å²) in [4.78, 5) is 2.50. The summed E-state index contributed by atoms with van der Waals surface area (Å²) in [5.41, 5.74) is 20.6. The summed E-state index contributed by atoms with van der Waals surface area (Å²) in [6, 6.07) is 82.9. The van der Waals surface area contributed by atoms with Crippen molar-refractivity contribution in [1.29, 1.82) is 0 Å². The molecule has 0 radical (unpaired) electrons. The Labute approximate surface area is 347 Å². The van der Waals surface area contributed by atoms with E-state index >= 15 is 0 Å². The van der Waals surface area contributed by atoms with Crippen molar-refractivity contribution in [3.8, 4) is 44.5 Å². The Morgan fingerprint density at radius 1 is 0.305 bits per heavy atom. The standard InChI is InChI=1S/C58H43N/c1-57(2)49-32-16-17-33-50(49)58(48-31-15-12-29-47(48)56-46(30-20-34-52(56)58)42-25-10-5-11-26-42)51-38-37-43(39-53(51)57)59(54-35-18-13-27-44(54)40-21-6-3-7-22-40)55-36-19-14-28-45(55)41-23-8-4-9-24-41/h3-39H,1-2H3. The molecule has 2 aliphatic carbocycles. The summed E-state index contributed by atoms with van der Waals surface area (Å²) in [7, 11) is 0. The summed E-state index contributed by atoms with van der Waals surface area (Å²) in [5.74, 6) is 0. The number of hydrogen-bond donors (Lipinski definition) is 0. The second-order valence-corrected chi connectivity index (χ2v) is 16.4. The molecule has 11 rings (SSSR count). The van der Waals surface area contributed by atoms with E-state index in [2.05, 4.69) is 243 Å². The molecule has 1 spiro atoms. The van der Waals surface area contributed by atoms with E-state index in [0.717, 1.165) is 17.1 Å². The van der Waals surface area contributed by atoms with Crippen molar-refractivity contribution < 1.29 is 0 Å². The first kappa shape index (κ1) is 35.0. The lowest BCUT2D eigenvalue weighted by atomic mass is 9.55. The maximum atomic E-state index is 2.51. The van der Waals surface area contributed by atoms with Gasteiger partial charge in [-0.25, -0.2) is 0 Å². The third kappa shape index (κ3) is 5.25. The molecule has 1 heteroatoms. The minimum absolute atomic E-state index is 0.300. The van der Waals surface area contributed by atoms with Crippen LogP contribution in [0.2, 0.25) is 0 Å². The van der Waals surface area contributed by atoms with Crippen molar-refractivity contribution in [2.45, 2.75) is 24.7 Å². The van der Waals surface area contributed by atoms with Crippen molar-refractivity contribution in [2.75, 3.05) is 4.90 Å². The molecule has 9 aromatic carbocycles. The van der Waals surface area contributed by atoms with Crippen LogP contribution in [-0.2, 0) is 10.8 Å². The number of fused-ring (bicyclic) bond motifs is 9. The molecule has 1 nitrogen and oxygen atoms in total. The molecule has 0 fully saturated rings. The van der Waals surface area contributed by atoms with Crippen LogP contribution in [0.15, 0.2) is 224 Å². The van der Waals surface area contributed by atoms with Crippen LogP contribution in [0.1, 0.15) is 47.2 Å². The predicted molar refractivity (Wildman–Crippen MR) is 247 cm³/mol. The Morgan fingerprint density at radius 3 is 1.32 bits per heavy atom. The summed E-state index contributed by atoms with van der Waals surface area (Å²) < 4.78 is 0. The Hall–Kier alpha value is -7.22. The summed E-state index contributed by atoms with van der Waals surface area (Å²) >= 11 is 0. The quantitative estimate of drug-likeness (QED) is 0.163. The maximum absolute atomic E-state index is 2.51. The van der Waals surface area contributed by atoms with Crippen molar-refractivity contribution in [3.63, 3.8) is 0 Å². The van der Waals surface area contributed by atoms with Gasteiger partial charge in [-0.1, -0.05) is 214 Å². The van der Waals surface area contributed by atoms with Crippen molar-refractivity contribution >= 4 is 17.1 Å². The van der Waals surface area contributed by atoms with Gasteiger partial charge in [0.15, 0.2) is 0 Å². The van der Waals surface area contributed by atoms with Gasteiger partial charge in [-0.3, -0.25) is 0 Å². The lowest BCUT2D eigenvalue weighted by molar-refractivity contribution is 0.563. The van der Waals surface area contributed by atoms with Crippen LogP contribution >= 0.6 is 0 Å². The van der Waals surface area contributed by atoms with Crippen LogP contribution in [0.3, 0.4) is 0 Å². The average molecular weight is 754 g/mol. The molecule has 1 atom stereocenters. The summed E-state index contributed by atoms with van der Waals surface area (Å²) in [6.07, 6.45) is 0. The van der Waals surface area contributed by atoms with Gasteiger partial charge in [0.05, 0.1) is 16.8 Å². The molecule has 0 bridgehead atoms. The van der Waals surface area contributed by atoms with Gasteiger partial charge in [0, 0.05) is 22.2 Å². The second-order valence-electron chi connectivity index (χ2n) is 16.4. The molecule has 280 valence electrons. The summed E-state index contributed by atoms with van der Waals surface area (Å²) in [6.45, 7) is 4.84. The maximum Gasteiger partial charge on any atom is 0.0719 e. The van der Waals surface area contributed by atoms with Crippen LogP contribution in [0.5, 0.6) is 0 Å². The van der Waals surface area contributed by atoms with Gasteiger partial charge in [-0.15, -0.1) is 0 Å². The third-order valence-electron chi connectivity index (χ3n) is 13.0. The Morgan fingerprint density at radius 2 is 0.729 bits per heavy atom.